The van der Waals surface area contributed by atoms with Crippen LogP contribution in [0.3, 0.4) is 0 Å². The Balaban J connectivity index is 1.85. The number of anilines is 2. The fraction of sp³-hybridized carbons (Fsp3) is 0.200. The average Bonchev–Trinajstić information content (AvgIpc) is 2.72. The molecule has 0 saturated carbocycles. The van der Waals surface area contributed by atoms with Crippen molar-refractivity contribution < 1.29 is 0 Å². The molecule has 3 heteroatoms. The van der Waals surface area contributed by atoms with Gasteiger partial charge >= 0.3 is 0 Å². The molecule has 0 aliphatic carbocycles. The lowest BCUT2D eigenvalue weighted by Crippen LogP contribution is -2.19. The molecule has 18 heavy (non-hydrogen) atoms. The third-order valence-electron chi connectivity index (χ3n) is 3.36. The maximum Gasteiger partial charge on any atom is 0.0430 e. The molecule has 1 heterocycles. The van der Waals surface area contributed by atoms with Crippen LogP contribution >= 0.6 is 11.6 Å². The number of benzene rings is 2. The average molecular weight is 259 g/mol. The summed E-state index contributed by atoms with van der Waals surface area (Å²) in [4.78, 5) is 2.38. The van der Waals surface area contributed by atoms with Gasteiger partial charge in [0.15, 0.2) is 0 Å². The molecule has 0 radical (unpaired) electrons. The van der Waals surface area contributed by atoms with E-state index in [4.69, 9.17) is 17.3 Å². The highest BCUT2D eigenvalue weighted by Gasteiger charge is 2.18. The standard InChI is InChI=1S/C15H15ClN2/c16-13-3-1-2-11(8-13)10-18-7-6-12-9-14(17)4-5-15(12)18/h1-5,8-9H,6-7,10,17H2. The number of fused-ring (bicyclic) bond motifs is 1. The highest BCUT2D eigenvalue weighted by molar-refractivity contribution is 6.30. The van der Waals surface area contributed by atoms with E-state index in [0.717, 1.165) is 30.2 Å². The summed E-state index contributed by atoms with van der Waals surface area (Å²) in [5, 5.41) is 0.796. The minimum absolute atomic E-state index is 0.796. The van der Waals surface area contributed by atoms with Gasteiger partial charge in [-0.3, -0.25) is 0 Å². The van der Waals surface area contributed by atoms with Crippen LogP contribution in [0.5, 0.6) is 0 Å². The molecule has 3 rings (SSSR count). The number of hydrogen-bond donors (Lipinski definition) is 1. The molecule has 1 aliphatic rings. The van der Waals surface area contributed by atoms with E-state index in [1.54, 1.807) is 0 Å². The smallest absolute Gasteiger partial charge is 0.0430 e. The van der Waals surface area contributed by atoms with Crippen LogP contribution in [0.15, 0.2) is 42.5 Å². The monoisotopic (exact) mass is 258 g/mol. The van der Waals surface area contributed by atoms with Crippen LogP contribution in [0.1, 0.15) is 11.1 Å². The van der Waals surface area contributed by atoms with Gasteiger partial charge in [-0.25, -0.2) is 0 Å². The molecule has 0 bridgehead atoms. The zero-order valence-corrected chi connectivity index (χ0v) is 10.8. The van der Waals surface area contributed by atoms with Crippen molar-refractivity contribution in [3.05, 3.63) is 58.6 Å². The summed E-state index contributed by atoms with van der Waals surface area (Å²) in [6.07, 6.45) is 1.07. The zero-order chi connectivity index (χ0) is 12.5. The molecule has 0 fully saturated rings. The molecule has 0 aromatic heterocycles. The van der Waals surface area contributed by atoms with E-state index in [-0.39, 0.29) is 0 Å². The van der Waals surface area contributed by atoms with Crippen LogP contribution in [-0.2, 0) is 13.0 Å². The van der Waals surface area contributed by atoms with Gasteiger partial charge in [-0.05, 0) is 47.9 Å². The predicted molar refractivity (Wildman–Crippen MR) is 77.1 cm³/mol. The first-order chi connectivity index (χ1) is 8.72. The van der Waals surface area contributed by atoms with Crippen molar-refractivity contribution in [3.63, 3.8) is 0 Å². The molecule has 1 aliphatic heterocycles. The molecule has 0 atom stereocenters. The Morgan fingerprint density at radius 3 is 2.89 bits per heavy atom. The van der Waals surface area contributed by atoms with Crippen molar-refractivity contribution >= 4 is 23.0 Å². The van der Waals surface area contributed by atoms with Gasteiger partial charge in [0.1, 0.15) is 0 Å². The van der Waals surface area contributed by atoms with Gasteiger partial charge < -0.3 is 10.6 Å². The van der Waals surface area contributed by atoms with E-state index in [9.17, 15) is 0 Å². The fourth-order valence-electron chi connectivity index (χ4n) is 2.51. The Morgan fingerprint density at radius 2 is 2.06 bits per heavy atom. The van der Waals surface area contributed by atoms with E-state index < -0.39 is 0 Å². The van der Waals surface area contributed by atoms with Gasteiger partial charge in [0.25, 0.3) is 0 Å². The maximum atomic E-state index is 6.02. The van der Waals surface area contributed by atoms with Crippen LogP contribution in [-0.4, -0.2) is 6.54 Å². The van der Waals surface area contributed by atoms with Crippen molar-refractivity contribution in [2.45, 2.75) is 13.0 Å². The maximum absolute atomic E-state index is 6.02. The number of rotatable bonds is 2. The van der Waals surface area contributed by atoms with E-state index in [0.29, 0.717) is 0 Å². The SMILES string of the molecule is Nc1ccc2c(c1)CCN2Cc1cccc(Cl)c1. The number of hydrogen-bond acceptors (Lipinski definition) is 2. The lowest BCUT2D eigenvalue weighted by atomic mass is 10.1. The third kappa shape index (κ3) is 2.16. The molecule has 92 valence electrons. The van der Waals surface area contributed by atoms with Crippen molar-refractivity contribution in [3.8, 4) is 0 Å². The van der Waals surface area contributed by atoms with Crippen molar-refractivity contribution in [2.24, 2.45) is 0 Å². The van der Waals surface area contributed by atoms with Crippen molar-refractivity contribution in [1.82, 2.24) is 0 Å². The highest BCUT2D eigenvalue weighted by atomic mass is 35.5. The Morgan fingerprint density at radius 1 is 1.17 bits per heavy atom. The van der Waals surface area contributed by atoms with Crippen LogP contribution in [0.2, 0.25) is 5.02 Å². The minimum Gasteiger partial charge on any atom is -0.399 e. The molecule has 2 N–H and O–H groups in total. The van der Waals surface area contributed by atoms with Crippen LogP contribution in [0.4, 0.5) is 11.4 Å². The van der Waals surface area contributed by atoms with Crippen LogP contribution < -0.4 is 10.6 Å². The van der Waals surface area contributed by atoms with Gasteiger partial charge in [0, 0.05) is 29.5 Å². The van der Waals surface area contributed by atoms with E-state index in [2.05, 4.69) is 23.1 Å². The summed E-state index contributed by atoms with van der Waals surface area (Å²) < 4.78 is 0. The molecule has 2 aromatic rings. The normalized spacial score (nSPS) is 13.7. The first kappa shape index (κ1) is 11.4. The molecule has 0 unspecified atom stereocenters. The largest absolute Gasteiger partial charge is 0.399 e. The lowest BCUT2D eigenvalue weighted by molar-refractivity contribution is 0.836. The predicted octanol–water partition coefficient (Wildman–Crippen LogP) is 3.48. The molecule has 2 nitrogen and oxygen atoms in total. The summed E-state index contributed by atoms with van der Waals surface area (Å²) in [6.45, 7) is 1.95. The molecule has 0 amide bonds. The topological polar surface area (TPSA) is 29.3 Å². The summed E-state index contributed by atoms with van der Waals surface area (Å²) in [5.74, 6) is 0. The van der Waals surface area contributed by atoms with Gasteiger partial charge in [0.2, 0.25) is 0 Å². The van der Waals surface area contributed by atoms with E-state index >= 15 is 0 Å². The van der Waals surface area contributed by atoms with Crippen LogP contribution in [0, 0.1) is 0 Å². The summed E-state index contributed by atoms with van der Waals surface area (Å²) >= 11 is 6.02. The summed E-state index contributed by atoms with van der Waals surface area (Å²) in [6, 6.07) is 14.2. The van der Waals surface area contributed by atoms with Gasteiger partial charge in [-0.1, -0.05) is 23.7 Å². The van der Waals surface area contributed by atoms with E-state index in [1.165, 1.54) is 16.8 Å². The lowest BCUT2D eigenvalue weighted by Gasteiger charge is -2.19. The number of nitrogens with zero attached hydrogens (tertiary/aromatic N) is 1. The molecule has 0 spiro atoms. The first-order valence-electron chi connectivity index (χ1n) is 6.10. The molecule has 0 saturated heterocycles. The molecular weight excluding hydrogens is 244 g/mol. The number of halogens is 1. The second-order valence-corrected chi connectivity index (χ2v) is 5.13. The van der Waals surface area contributed by atoms with Gasteiger partial charge in [-0.2, -0.15) is 0 Å². The summed E-state index contributed by atoms with van der Waals surface area (Å²) in [5.41, 5.74) is 10.5. The van der Waals surface area contributed by atoms with Crippen LogP contribution in [0.25, 0.3) is 0 Å². The number of nitrogens with two attached hydrogens (primary N) is 1. The third-order valence-corrected chi connectivity index (χ3v) is 3.59. The minimum atomic E-state index is 0.796. The Bertz CT molecular complexity index is 580. The first-order valence-corrected chi connectivity index (χ1v) is 6.48. The summed E-state index contributed by atoms with van der Waals surface area (Å²) in [7, 11) is 0. The van der Waals surface area contributed by atoms with Gasteiger partial charge in [-0.15, -0.1) is 0 Å². The Labute approximate surface area is 112 Å². The fourth-order valence-corrected chi connectivity index (χ4v) is 2.72. The Hall–Kier alpha value is -1.67. The number of nitrogen functional groups attached to an aromatic ring is 1. The molecular formula is C15H15ClN2. The van der Waals surface area contributed by atoms with Gasteiger partial charge in [0.05, 0.1) is 0 Å². The van der Waals surface area contributed by atoms with Crippen molar-refractivity contribution in [1.29, 1.82) is 0 Å². The Kier molecular flexibility index (Phi) is 2.88. The van der Waals surface area contributed by atoms with E-state index in [1.807, 2.05) is 24.3 Å². The second kappa shape index (κ2) is 4.54. The zero-order valence-electron chi connectivity index (χ0n) is 10.1. The second-order valence-electron chi connectivity index (χ2n) is 4.69. The van der Waals surface area contributed by atoms with Crippen molar-refractivity contribution in [2.75, 3.05) is 17.2 Å². The molecule has 2 aromatic carbocycles. The quantitative estimate of drug-likeness (QED) is 0.836. The highest BCUT2D eigenvalue weighted by Crippen LogP contribution is 2.31.